The van der Waals surface area contributed by atoms with Crippen LogP contribution in [0.1, 0.15) is 12.5 Å². The predicted molar refractivity (Wildman–Crippen MR) is 121 cm³/mol. The molecule has 2 heterocycles. The zero-order valence-corrected chi connectivity index (χ0v) is 16.6. The Morgan fingerprint density at radius 1 is 0.967 bits per heavy atom. The second kappa shape index (κ2) is 7.48. The predicted octanol–water partition coefficient (Wildman–Crippen LogP) is 5.88. The Morgan fingerprint density at radius 2 is 1.77 bits per heavy atom. The SMILES string of the molecule is CCOC(=O)/C=C/c1cc(-c2ccc3ccccc3c2)n2c1cnc1ccccc12. The lowest BCUT2D eigenvalue weighted by atomic mass is 10.0. The standard InChI is InChI=1S/C26H20N2O2/c1-2-30-26(29)14-13-21-16-24(20-12-11-18-7-3-4-8-19(18)15-20)28-23-10-6-5-9-22(23)27-17-25(21)28/h3-17H,2H2,1H3/b14-13+. The van der Waals surface area contributed by atoms with E-state index in [0.717, 1.165) is 33.4 Å². The molecule has 0 saturated carbocycles. The van der Waals surface area contributed by atoms with Crippen LogP contribution in [0.4, 0.5) is 0 Å². The lowest BCUT2D eigenvalue weighted by Crippen LogP contribution is -1.98. The van der Waals surface area contributed by atoms with E-state index in [1.165, 1.54) is 16.8 Å². The maximum absolute atomic E-state index is 11.9. The summed E-state index contributed by atoms with van der Waals surface area (Å²) in [6, 6.07) is 25.0. The molecule has 0 unspecified atom stereocenters. The van der Waals surface area contributed by atoms with Crippen molar-refractivity contribution in [3.8, 4) is 11.3 Å². The molecule has 4 nitrogen and oxygen atoms in total. The molecule has 0 saturated heterocycles. The Kier molecular flexibility index (Phi) is 4.52. The Hall–Kier alpha value is -3.92. The number of fused-ring (bicyclic) bond motifs is 4. The molecule has 0 aliphatic carbocycles. The monoisotopic (exact) mass is 392 g/mol. The third-order valence-corrected chi connectivity index (χ3v) is 5.25. The van der Waals surface area contributed by atoms with Gasteiger partial charge in [0.15, 0.2) is 0 Å². The summed E-state index contributed by atoms with van der Waals surface area (Å²) < 4.78 is 7.24. The first-order valence-electron chi connectivity index (χ1n) is 9.98. The molecule has 0 fully saturated rings. The van der Waals surface area contributed by atoms with Gasteiger partial charge >= 0.3 is 5.97 Å². The molecule has 0 amide bonds. The smallest absolute Gasteiger partial charge is 0.330 e. The van der Waals surface area contributed by atoms with Crippen molar-refractivity contribution in [3.63, 3.8) is 0 Å². The second-order valence-electron chi connectivity index (χ2n) is 7.10. The third-order valence-electron chi connectivity index (χ3n) is 5.25. The van der Waals surface area contributed by atoms with E-state index in [2.05, 4.69) is 57.9 Å². The largest absolute Gasteiger partial charge is 0.463 e. The first-order chi connectivity index (χ1) is 14.7. The van der Waals surface area contributed by atoms with E-state index in [1.54, 1.807) is 13.0 Å². The zero-order valence-electron chi connectivity index (χ0n) is 16.6. The number of nitrogens with zero attached hydrogens (tertiary/aromatic N) is 2. The van der Waals surface area contributed by atoms with Crippen molar-refractivity contribution >= 4 is 39.4 Å². The Bertz CT molecular complexity index is 1430. The van der Waals surface area contributed by atoms with E-state index in [4.69, 9.17) is 4.74 Å². The molecule has 30 heavy (non-hydrogen) atoms. The number of rotatable bonds is 4. The molecule has 4 heteroatoms. The van der Waals surface area contributed by atoms with E-state index in [0.29, 0.717) is 6.61 Å². The van der Waals surface area contributed by atoms with Gasteiger partial charge in [0, 0.05) is 11.6 Å². The molecule has 3 aromatic carbocycles. The van der Waals surface area contributed by atoms with Crippen LogP contribution in [0.15, 0.2) is 85.1 Å². The second-order valence-corrected chi connectivity index (χ2v) is 7.10. The van der Waals surface area contributed by atoms with Crippen molar-refractivity contribution in [1.82, 2.24) is 9.38 Å². The van der Waals surface area contributed by atoms with Gasteiger partial charge in [0.1, 0.15) is 0 Å². The van der Waals surface area contributed by atoms with E-state index in [1.807, 2.05) is 30.5 Å². The minimum atomic E-state index is -0.349. The molecular formula is C26H20N2O2. The van der Waals surface area contributed by atoms with Crippen LogP contribution in [-0.2, 0) is 9.53 Å². The number of hydrogen-bond acceptors (Lipinski definition) is 3. The Morgan fingerprint density at radius 3 is 2.63 bits per heavy atom. The van der Waals surface area contributed by atoms with Gasteiger partial charge in [0.2, 0.25) is 0 Å². The minimum absolute atomic E-state index is 0.349. The first-order valence-corrected chi connectivity index (χ1v) is 9.98. The van der Waals surface area contributed by atoms with Crippen LogP contribution in [0.5, 0.6) is 0 Å². The van der Waals surface area contributed by atoms with Crippen molar-refractivity contribution in [2.45, 2.75) is 6.92 Å². The van der Waals surface area contributed by atoms with E-state index < -0.39 is 0 Å². The summed E-state index contributed by atoms with van der Waals surface area (Å²) in [6.45, 7) is 2.15. The summed E-state index contributed by atoms with van der Waals surface area (Å²) in [4.78, 5) is 16.5. The van der Waals surface area contributed by atoms with Gasteiger partial charge in [-0.2, -0.15) is 0 Å². The molecule has 0 radical (unpaired) electrons. The highest BCUT2D eigenvalue weighted by Gasteiger charge is 2.13. The molecule has 5 aromatic rings. The number of hydrogen-bond donors (Lipinski definition) is 0. The van der Waals surface area contributed by atoms with E-state index >= 15 is 0 Å². The lowest BCUT2D eigenvalue weighted by molar-refractivity contribution is -0.137. The molecule has 0 atom stereocenters. The highest BCUT2D eigenvalue weighted by Crippen LogP contribution is 2.32. The van der Waals surface area contributed by atoms with Gasteiger partial charge in [0.25, 0.3) is 0 Å². The summed E-state index contributed by atoms with van der Waals surface area (Å²) in [5.41, 5.74) is 5.97. The Labute approximate surface area is 174 Å². The molecule has 146 valence electrons. The van der Waals surface area contributed by atoms with E-state index in [9.17, 15) is 4.79 Å². The summed E-state index contributed by atoms with van der Waals surface area (Å²) >= 11 is 0. The van der Waals surface area contributed by atoms with Crippen LogP contribution in [-0.4, -0.2) is 22.0 Å². The molecule has 0 N–H and O–H groups in total. The number of benzene rings is 3. The number of aromatic nitrogens is 2. The number of carbonyl (C=O) groups excluding carboxylic acids is 1. The van der Waals surface area contributed by atoms with Crippen LogP contribution in [0, 0.1) is 0 Å². The van der Waals surface area contributed by atoms with Crippen LogP contribution in [0.25, 0.3) is 44.7 Å². The number of carbonyl (C=O) groups is 1. The molecule has 0 bridgehead atoms. The first kappa shape index (κ1) is 18.1. The molecule has 0 spiro atoms. The van der Waals surface area contributed by atoms with Gasteiger partial charge in [-0.3, -0.25) is 4.98 Å². The van der Waals surface area contributed by atoms with Crippen LogP contribution >= 0.6 is 0 Å². The van der Waals surface area contributed by atoms with Gasteiger partial charge in [-0.15, -0.1) is 0 Å². The van der Waals surface area contributed by atoms with Crippen molar-refractivity contribution in [2.24, 2.45) is 0 Å². The third kappa shape index (κ3) is 3.12. The minimum Gasteiger partial charge on any atom is -0.463 e. The molecule has 0 aliphatic heterocycles. The van der Waals surface area contributed by atoms with Gasteiger partial charge in [-0.05, 0) is 53.6 Å². The van der Waals surface area contributed by atoms with Crippen LogP contribution in [0.3, 0.4) is 0 Å². The van der Waals surface area contributed by atoms with Gasteiger partial charge in [-0.25, -0.2) is 4.79 Å². The summed E-state index contributed by atoms with van der Waals surface area (Å²) in [5, 5.41) is 2.39. The highest BCUT2D eigenvalue weighted by atomic mass is 16.5. The molecule has 2 aromatic heterocycles. The van der Waals surface area contributed by atoms with Crippen molar-refractivity contribution in [3.05, 3.63) is 90.6 Å². The Balaban J connectivity index is 1.77. The zero-order chi connectivity index (χ0) is 20.5. The van der Waals surface area contributed by atoms with E-state index in [-0.39, 0.29) is 5.97 Å². The molecule has 5 rings (SSSR count). The average Bonchev–Trinajstić information content (AvgIpc) is 3.17. The van der Waals surface area contributed by atoms with Crippen molar-refractivity contribution in [1.29, 1.82) is 0 Å². The van der Waals surface area contributed by atoms with Crippen LogP contribution < -0.4 is 0 Å². The van der Waals surface area contributed by atoms with Crippen molar-refractivity contribution < 1.29 is 9.53 Å². The maximum atomic E-state index is 11.9. The van der Waals surface area contributed by atoms with Gasteiger partial charge < -0.3 is 9.14 Å². The average molecular weight is 392 g/mol. The highest BCUT2D eigenvalue weighted by molar-refractivity contribution is 5.94. The topological polar surface area (TPSA) is 43.6 Å². The molecule has 0 aliphatic rings. The normalized spacial score (nSPS) is 11.6. The van der Waals surface area contributed by atoms with Gasteiger partial charge in [-0.1, -0.05) is 48.5 Å². The maximum Gasteiger partial charge on any atom is 0.330 e. The fraction of sp³-hybridized carbons (Fsp3) is 0.0769. The summed E-state index contributed by atoms with van der Waals surface area (Å²) in [6.07, 6.45) is 5.13. The fourth-order valence-electron chi connectivity index (χ4n) is 3.87. The molecular weight excluding hydrogens is 372 g/mol. The quantitative estimate of drug-likeness (QED) is 0.283. The van der Waals surface area contributed by atoms with Crippen LogP contribution in [0.2, 0.25) is 0 Å². The lowest BCUT2D eigenvalue weighted by Gasteiger charge is -2.08. The number of para-hydroxylation sites is 2. The summed E-state index contributed by atoms with van der Waals surface area (Å²) in [5.74, 6) is -0.349. The number of esters is 1. The number of ether oxygens (including phenoxy) is 1. The summed E-state index contributed by atoms with van der Waals surface area (Å²) in [7, 11) is 0. The fourth-order valence-corrected chi connectivity index (χ4v) is 3.87. The van der Waals surface area contributed by atoms with Gasteiger partial charge in [0.05, 0.1) is 35.0 Å². The van der Waals surface area contributed by atoms with Crippen molar-refractivity contribution in [2.75, 3.05) is 6.61 Å².